The van der Waals surface area contributed by atoms with Gasteiger partial charge < -0.3 is 14.8 Å². The lowest BCUT2D eigenvalue weighted by Gasteiger charge is -2.16. The number of hydrogen-bond donors (Lipinski definition) is 1. The molecule has 0 unspecified atom stereocenters. The molecule has 34 heavy (non-hydrogen) atoms. The number of carbonyl (C=O) groups is 2. The van der Waals surface area contributed by atoms with E-state index in [1.807, 2.05) is 6.92 Å². The molecule has 0 spiro atoms. The number of imide groups is 1. The molecule has 6 nitrogen and oxygen atoms in total. The highest BCUT2D eigenvalue weighted by atomic mass is 19.4. The van der Waals surface area contributed by atoms with Gasteiger partial charge in [0, 0.05) is 5.69 Å². The van der Waals surface area contributed by atoms with E-state index in [1.54, 1.807) is 54.6 Å². The van der Waals surface area contributed by atoms with Crippen LogP contribution in [0.2, 0.25) is 0 Å². The molecule has 0 saturated heterocycles. The topological polar surface area (TPSA) is 67.9 Å². The molecule has 0 aliphatic carbocycles. The van der Waals surface area contributed by atoms with Crippen LogP contribution >= 0.6 is 0 Å². The zero-order valence-corrected chi connectivity index (χ0v) is 17.9. The van der Waals surface area contributed by atoms with Crippen molar-refractivity contribution in [1.29, 1.82) is 0 Å². The Morgan fingerprint density at radius 3 is 2.03 bits per heavy atom. The van der Waals surface area contributed by atoms with E-state index in [9.17, 15) is 22.8 Å². The van der Waals surface area contributed by atoms with Gasteiger partial charge in [0.15, 0.2) is 0 Å². The Kier molecular flexibility index (Phi) is 6.27. The average molecular weight is 468 g/mol. The van der Waals surface area contributed by atoms with Gasteiger partial charge in [0.05, 0.1) is 17.9 Å². The van der Waals surface area contributed by atoms with Crippen molar-refractivity contribution in [3.63, 3.8) is 0 Å². The first kappa shape index (κ1) is 22.9. The number of halogens is 3. The third-order valence-electron chi connectivity index (χ3n) is 4.91. The van der Waals surface area contributed by atoms with E-state index in [0.29, 0.717) is 23.6 Å². The van der Waals surface area contributed by atoms with E-state index < -0.39 is 23.9 Å². The molecule has 0 saturated carbocycles. The molecule has 0 fully saturated rings. The number of nitrogens with one attached hydrogen (secondary N) is 1. The number of ether oxygens (including phenoxy) is 2. The number of rotatable bonds is 7. The van der Waals surface area contributed by atoms with Crippen LogP contribution in [0.15, 0.2) is 84.6 Å². The standard InChI is InChI=1S/C25H19F3N2O4/c1-2-33-19-12-8-17(9-13-19)29-22-21(16-6-4-3-5-7-16)23(31)30(24(22)32)18-10-14-20(15-11-18)34-25(26,27)28/h3-15,29H,2H2,1H3. The Labute approximate surface area is 193 Å². The highest BCUT2D eigenvalue weighted by molar-refractivity contribution is 6.46. The number of nitrogens with zero attached hydrogens (tertiary/aromatic N) is 1. The van der Waals surface area contributed by atoms with E-state index in [2.05, 4.69) is 10.1 Å². The molecule has 1 aliphatic heterocycles. The van der Waals surface area contributed by atoms with Gasteiger partial charge in [-0.1, -0.05) is 30.3 Å². The number of carbonyl (C=O) groups excluding carboxylic acids is 2. The molecule has 9 heteroatoms. The largest absolute Gasteiger partial charge is 0.573 e. The van der Waals surface area contributed by atoms with Crippen LogP contribution in [-0.4, -0.2) is 24.8 Å². The summed E-state index contributed by atoms with van der Waals surface area (Å²) in [5.74, 6) is -1.04. The maximum absolute atomic E-state index is 13.3. The number of amides is 2. The second-order valence-electron chi connectivity index (χ2n) is 7.19. The van der Waals surface area contributed by atoms with E-state index in [-0.39, 0.29) is 17.0 Å². The minimum Gasteiger partial charge on any atom is -0.494 e. The molecule has 0 atom stereocenters. The average Bonchev–Trinajstić information content (AvgIpc) is 3.05. The van der Waals surface area contributed by atoms with Crippen molar-refractivity contribution < 1.29 is 32.2 Å². The monoisotopic (exact) mass is 468 g/mol. The summed E-state index contributed by atoms with van der Waals surface area (Å²) in [6, 6.07) is 20.1. The first-order valence-electron chi connectivity index (χ1n) is 10.3. The Hall–Kier alpha value is -4.27. The van der Waals surface area contributed by atoms with Gasteiger partial charge in [-0.2, -0.15) is 0 Å². The summed E-state index contributed by atoms with van der Waals surface area (Å²) in [6.07, 6.45) is -4.85. The van der Waals surface area contributed by atoms with Gasteiger partial charge in [-0.15, -0.1) is 13.2 Å². The summed E-state index contributed by atoms with van der Waals surface area (Å²) in [6.45, 7) is 2.37. The SMILES string of the molecule is CCOc1ccc(NC2=C(c3ccccc3)C(=O)N(c3ccc(OC(F)(F)F)cc3)C2=O)cc1. The molecule has 0 radical (unpaired) electrons. The predicted octanol–water partition coefficient (Wildman–Crippen LogP) is 5.38. The normalized spacial score (nSPS) is 13.9. The Bertz CT molecular complexity index is 1220. The number of alkyl halides is 3. The third kappa shape index (κ3) is 4.88. The molecular formula is C25H19F3N2O4. The minimum atomic E-state index is -4.85. The van der Waals surface area contributed by atoms with Gasteiger partial charge in [-0.25, -0.2) is 4.90 Å². The fourth-order valence-corrected chi connectivity index (χ4v) is 3.50. The summed E-state index contributed by atoms with van der Waals surface area (Å²) in [4.78, 5) is 27.6. The van der Waals surface area contributed by atoms with Gasteiger partial charge >= 0.3 is 6.36 Å². The molecule has 3 aromatic rings. The predicted molar refractivity (Wildman–Crippen MR) is 120 cm³/mol. The third-order valence-corrected chi connectivity index (χ3v) is 4.91. The van der Waals surface area contributed by atoms with Crippen LogP contribution in [0.1, 0.15) is 12.5 Å². The van der Waals surface area contributed by atoms with E-state index in [1.165, 1.54) is 12.1 Å². The highest BCUT2D eigenvalue weighted by Crippen LogP contribution is 2.35. The van der Waals surface area contributed by atoms with E-state index >= 15 is 0 Å². The van der Waals surface area contributed by atoms with Crippen LogP contribution < -0.4 is 19.7 Å². The summed E-state index contributed by atoms with van der Waals surface area (Å²) < 4.78 is 46.7. The number of anilines is 2. The lowest BCUT2D eigenvalue weighted by atomic mass is 10.0. The molecule has 1 heterocycles. The second kappa shape index (κ2) is 9.30. The first-order chi connectivity index (χ1) is 16.3. The van der Waals surface area contributed by atoms with Crippen molar-refractivity contribution in [2.24, 2.45) is 0 Å². The molecule has 174 valence electrons. The maximum atomic E-state index is 13.3. The fraction of sp³-hybridized carbons (Fsp3) is 0.120. The second-order valence-corrected chi connectivity index (χ2v) is 7.19. The Morgan fingerprint density at radius 2 is 1.44 bits per heavy atom. The van der Waals surface area contributed by atoms with E-state index in [0.717, 1.165) is 17.0 Å². The molecule has 0 bridgehead atoms. The maximum Gasteiger partial charge on any atom is 0.573 e. The lowest BCUT2D eigenvalue weighted by Crippen LogP contribution is -2.32. The first-order valence-corrected chi connectivity index (χ1v) is 10.3. The van der Waals surface area contributed by atoms with Gasteiger partial charge in [0.1, 0.15) is 17.2 Å². The van der Waals surface area contributed by atoms with Crippen LogP contribution in [0.3, 0.4) is 0 Å². The molecule has 4 rings (SSSR count). The van der Waals surface area contributed by atoms with Crippen LogP contribution in [0.25, 0.3) is 5.57 Å². The van der Waals surface area contributed by atoms with Gasteiger partial charge in [0.25, 0.3) is 11.8 Å². The zero-order chi connectivity index (χ0) is 24.3. The van der Waals surface area contributed by atoms with Crippen molar-refractivity contribution in [2.75, 3.05) is 16.8 Å². The Morgan fingerprint density at radius 1 is 0.824 bits per heavy atom. The van der Waals surface area contributed by atoms with Gasteiger partial charge in [-0.3, -0.25) is 9.59 Å². The van der Waals surface area contributed by atoms with Crippen molar-refractivity contribution >= 4 is 28.8 Å². The van der Waals surface area contributed by atoms with Crippen LogP contribution in [-0.2, 0) is 9.59 Å². The van der Waals surface area contributed by atoms with Gasteiger partial charge in [0.2, 0.25) is 0 Å². The molecule has 2 amide bonds. The summed E-state index contributed by atoms with van der Waals surface area (Å²) in [5.41, 5.74) is 1.39. The zero-order valence-electron chi connectivity index (χ0n) is 17.9. The summed E-state index contributed by atoms with van der Waals surface area (Å²) in [5, 5.41) is 3.02. The minimum absolute atomic E-state index is 0.0518. The Balaban J connectivity index is 1.68. The molecule has 1 aliphatic rings. The van der Waals surface area contributed by atoms with Crippen molar-refractivity contribution in [3.8, 4) is 11.5 Å². The van der Waals surface area contributed by atoms with Crippen LogP contribution in [0, 0.1) is 0 Å². The molecule has 3 aromatic carbocycles. The highest BCUT2D eigenvalue weighted by Gasteiger charge is 2.40. The lowest BCUT2D eigenvalue weighted by molar-refractivity contribution is -0.274. The smallest absolute Gasteiger partial charge is 0.494 e. The fourth-order valence-electron chi connectivity index (χ4n) is 3.50. The quantitative estimate of drug-likeness (QED) is 0.472. The summed E-state index contributed by atoms with van der Waals surface area (Å²) >= 11 is 0. The van der Waals surface area contributed by atoms with Crippen LogP contribution in [0.4, 0.5) is 24.5 Å². The van der Waals surface area contributed by atoms with Crippen LogP contribution in [0.5, 0.6) is 11.5 Å². The van der Waals surface area contributed by atoms with Crippen molar-refractivity contribution in [2.45, 2.75) is 13.3 Å². The summed E-state index contributed by atoms with van der Waals surface area (Å²) in [7, 11) is 0. The number of hydrogen-bond acceptors (Lipinski definition) is 5. The molecule has 0 aromatic heterocycles. The molecular weight excluding hydrogens is 449 g/mol. The van der Waals surface area contributed by atoms with Crippen molar-refractivity contribution in [3.05, 3.63) is 90.1 Å². The van der Waals surface area contributed by atoms with Crippen molar-refractivity contribution in [1.82, 2.24) is 0 Å². The van der Waals surface area contributed by atoms with Gasteiger partial charge in [-0.05, 0) is 61.0 Å². The molecule has 1 N–H and O–H groups in total. The number of benzene rings is 3. The van der Waals surface area contributed by atoms with E-state index in [4.69, 9.17) is 4.74 Å².